The molecular weight excluding hydrogens is 270 g/mol. The zero-order valence-electron chi connectivity index (χ0n) is 12.2. The van der Waals surface area contributed by atoms with Crippen LogP contribution in [-0.4, -0.2) is 49.2 Å². The number of rotatable bonds is 5. The minimum Gasteiger partial charge on any atom is -0.495 e. The molecule has 2 rings (SSSR count). The van der Waals surface area contributed by atoms with E-state index in [2.05, 4.69) is 28.9 Å². The molecule has 5 heteroatoms. The summed E-state index contributed by atoms with van der Waals surface area (Å²) in [6, 6.07) is 8.61. The van der Waals surface area contributed by atoms with Crippen LogP contribution in [0.25, 0.3) is 0 Å². The highest BCUT2D eigenvalue weighted by molar-refractivity contribution is 7.80. The van der Waals surface area contributed by atoms with E-state index in [0.717, 1.165) is 38.3 Å². The zero-order valence-corrected chi connectivity index (χ0v) is 13.0. The van der Waals surface area contributed by atoms with Crippen molar-refractivity contribution in [3.05, 3.63) is 24.3 Å². The molecule has 0 radical (unpaired) electrons. The highest BCUT2D eigenvalue weighted by Crippen LogP contribution is 2.28. The highest BCUT2D eigenvalue weighted by Gasteiger charge is 2.22. The van der Waals surface area contributed by atoms with Gasteiger partial charge < -0.3 is 15.4 Å². The van der Waals surface area contributed by atoms with Crippen molar-refractivity contribution in [2.24, 2.45) is 5.73 Å². The smallest absolute Gasteiger partial charge is 0.142 e. The van der Waals surface area contributed by atoms with Crippen LogP contribution in [0.3, 0.4) is 0 Å². The van der Waals surface area contributed by atoms with E-state index in [1.54, 1.807) is 7.11 Å². The van der Waals surface area contributed by atoms with Crippen LogP contribution in [0.1, 0.15) is 13.3 Å². The molecule has 2 N–H and O–H groups in total. The molecule has 110 valence electrons. The molecule has 1 atom stereocenters. The van der Waals surface area contributed by atoms with Crippen molar-refractivity contribution in [2.45, 2.75) is 19.4 Å². The molecule has 1 aliphatic rings. The van der Waals surface area contributed by atoms with Crippen molar-refractivity contribution in [1.82, 2.24) is 4.90 Å². The lowest BCUT2D eigenvalue weighted by Gasteiger charge is -2.39. The molecule has 0 aromatic heterocycles. The summed E-state index contributed by atoms with van der Waals surface area (Å²) in [6.45, 7) is 6.26. The Kier molecular flexibility index (Phi) is 5.20. The molecule has 1 aliphatic heterocycles. The second kappa shape index (κ2) is 6.90. The van der Waals surface area contributed by atoms with Crippen molar-refractivity contribution in [1.29, 1.82) is 0 Å². The average Bonchev–Trinajstić information content (AvgIpc) is 2.46. The number of piperazine rings is 1. The number of hydrogen-bond donors (Lipinski definition) is 1. The van der Waals surface area contributed by atoms with E-state index in [-0.39, 0.29) is 0 Å². The summed E-state index contributed by atoms with van der Waals surface area (Å²) in [5.74, 6) is 0.942. The van der Waals surface area contributed by atoms with Gasteiger partial charge in [0.25, 0.3) is 0 Å². The molecule has 1 fully saturated rings. The number of hydrogen-bond acceptors (Lipinski definition) is 4. The highest BCUT2D eigenvalue weighted by atomic mass is 32.1. The van der Waals surface area contributed by atoms with Crippen LogP contribution in [0.5, 0.6) is 5.75 Å². The molecular formula is C15H23N3OS. The van der Waals surface area contributed by atoms with Crippen LogP contribution in [0.15, 0.2) is 24.3 Å². The van der Waals surface area contributed by atoms with Crippen LogP contribution in [0, 0.1) is 0 Å². The predicted octanol–water partition coefficient (Wildman–Crippen LogP) is 1.88. The average molecular weight is 293 g/mol. The topological polar surface area (TPSA) is 41.7 Å². The number of methoxy groups -OCH3 is 1. The van der Waals surface area contributed by atoms with Gasteiger partial charge in [0.2, 0.25) is 0 Å². The number of anilines is 1. The summed E-state index contributed by atoms with van der Waals surface area (Å²) in [6.07, 6.45) is 0.796. The summed E-state index contributed by atoms with van der Waals surface area (Å²) in [7, 11) is 1.72. The van der Waals surface area contributed by atoms with Gasteiger partial charge in [-0.05, 0) is 19.1 Å². The van der Waals surface area contributed by atoms with Gasteiger partial charge in [0, 0.05) is 38.6 Å². The Bertz CT molecular complexity index is 458. The Hall–Kier alpha value is -1.33. The van der Waals surface area contributed by atoms with Crippen molar-refractivity contribution in [3.63, 3.8) is 0 Å². The SMILES string of the molecule is COc1ccccc1N1CCN(C(C)CC(N)=S)CC1. The first-order chi connectivity index (χ1) is 9.61. The number of nitrogens with two attached hydrogens (primary N) is 1. The predicted molar refractivity (Wildman–Crippen MR) is 87.6 cm³/mol. The molecule has 0 amide bonds. The Balaban J connectivity index is 1.95. The van der Waals surface area contributed by atoms with Crippen molar-refractivity contribution in [2.75, 3.05) is 38.2 Å². The molecule has 1 unspecified atom stereocenters. The maximum absolute atomic E-state index is 5.63. The third kappa shape index (κ3) is 3.61. The molecule has 1 heterocycles. The maximum atomic E-state index is 5.63. The Morgan fingerprint density at radius 2 is 1.95 bits per heavy atom. The molecule has 1 aromatic carbocycles. The number of benzene rings is 1. The van der Waals surface area contributed by atoms with E-state index in [1.165, 1.54) is 5.69 Å². The molecule has 1 aromatic rings. The molecule has 4 nitrogen and oxygen atoms in total. The van der Waals surface area contributed by atoms with E-state index in [4.69, 9.17) is 22.7 Å². The first kappa shape index (κ1) is 15.1. The minimum atomic E-state index is 0.423. The first-order valence-electron chi connectivity index (χ1n) is 7.02. The van der Waals surface area contributed by atoms with Crippen LogP contribution in [-0.2, 0) is 0 Å². The lowest BCUT2D eigenvalue weighted by atomic mass is 10.1. The fraction of sp³-hybridized carbons (Fsp3) is 0.533. The summed E-state index contributed by atoms with van der Waals surface area (Å²) in [5.41, 5.74) is 6.81. The second-order valence-corrected chi connectivity index (χ2v) is 5.74. The largest absolute Gasteiger partial charge is 0.495 e. The molecule has 20 heavy (non-hydrogen) atoms. The van der Waals surface area contributed by atoms with E-state index in [0.29, 0.717) is 11.0 Å². The Morgan fingerprint density at radius 1 is 1.30 bits per heavy atom. The van der Waals surface area contributed by atoms with E-state index in [1.807, 2.05) is 12.1 Å². The maximum Gasteiger partial charge on any atom is 0.142 e. The minimum absolute atomic E-state index is 0.423. The number of thiocarbonyl (C=S) groups is 1. The van der Waals surface area contributed by atoms with Gasteiger partial charge in [0.15, 0.2) is 0 Å². The molecule has 0 bridgehead atoms. The summed E-state index contributed by atoms with van der Waals surface area (Å²) < 4.78 is 5.44. The summed E-state index contributed by atoms with van der Waals surface area (Å²) >= 11 is 5.00. The van der Waals surface area contributed by atoms with Crippen LogP contribution >= 0.6 is 12.2 Å². The lowest BCUT2D eigenvalue weighted by molar-refractivity contribution is 0.201. The van der Waals surface area contributed by atoms with Crippen molar-refractivity contribution in [3.8, 4) is 5.75 Å². The van der Waals surface area contributed by atoms with E-state index < -0.39 is 0 Å². The van der Waals surface area contributed by atoms with Gasteiger partial charge in [-0.15, -0.1) is 0 Å². The van der Waals surface area contributed by atoms with Crippen LogP contribution in [0.2, 0.25) is 0 Å². The quantitative estimate of drug-likeness (QED) is 0.840. The van der Waals surface area contributed by atoms with E-state index >= 15 is 0 Å². The van der Waals surface area contributed by atoms with Crippen molar-refractivity contribution >= 4 is 22.9 Å². The first-order valence-corrected chi connectivity index (χ1v) is 7.43. The molecule has 0 aliphatic carbocycles. The third-order valence-electron chi connectivity index (χ3n) is 3.86. The van der Waals surface area contributed by atoms with Gasteiger partial charge in [-0.2, -0.15) is 0 Å². The number of ether oxygens (including phenoxy) is 1. The lowest BCUT2D eigenvalue weighted by Crippen LogP contribution is -2.50. The fourth-order valence-electron chi connectivity index (χ4n) is 2.71. The molecule has 0 spiro atoms. The third-order valence-corrected chi connectivity index (χ3v) is 4.03. The normalized spacial score (nSPS) is 17.8. The van der Waals surface area contributed by atoms with Crippen LogP contribution in [0.4, 0.5) is 5.69 Å². The number of para-hydroxylation sites is 2. The molecule has 1 saturated heterocycles. The van der Waals surface area contributed by atoms with Gasteiger partial charge in [-0.1, -0.05) is 24.4 Å². The standard InChI is InChI=1S/C15H23N3OS/c1-12(11-15(16)20)17-7-9-18(10-8-17)13-5-3-4-6-14(13)19-2/h3-6,12H,7-11H2,1-2H3,(H2,16,20). The van der Waals surface area contributed by atoms with E-state index in [9.17, 15) is 0 Å². The second-order valence-electron chi connectivity index (χ2n) is 5.21. The van der Waals surface area contributed by atoms with Gasteiger partial charge in [0.05, 0.1) is 17.8 Å². The summed E-state index contributed by atoms with van der Waals surface area (Å²) in [4.78, 5) is 5.43. The van der Waals surface area contributed by atoms with Gasteiger partial charge in [-0.3, -0.25) is 4.90 Å². The van der Waals surface area contributed by atoms with Gasteiger partial charge >= 0.3 is 0 Å². The van der Waals surface area contributed by atoms with Gasteiger partial charge in [0.1, 0.15) is 5.75 Å². The van der Waals surface area contributed by atoms with Gasteiger partial charge in [-0.25, -0.2) is 0 Å². The Labute approximate surface area is 126 Å². The monoisotopic (exact) mass is 293 g/mol. The fourth-order valence-corrected chi connectivity index (χ4v) is 2.96. The van der Waals surface area contributed by atoms with Crippen LogP contribution < -0.4 is 15.4 Å². The Morgan fingerprint density at radius 3 is 2.55 bits per heavy atom. The summed E-state index contributed by atoms with van der Waals surface area (Å²) in [5, 5.41) is 0. The number of nitrogens with zero attached hydrogens (tertiary/aromatic N) is 2. The molecule has 0 saturated carbocycles. The zero-order chi connectivity index (χ0) is 14.5. The van der Waals surface area contributed by atoms with Crippen molar-refractivity contribution < 1.29 is 4.74 Å².